The molecule has 3 saturated heterocycles. The van der Waals surface area contributed by atoms with Crippen LogP contribution in [0.15, 0.2) is 22.8 Å². The molecule has 0 aromatic carbocycles. The van der Waals surface area contributed by atoms with Gasteiger partial charge in [0.25, 0.3) is 5.91 Å². The van der Waals surface area contributed by atoms with Crippen molar-refractivity contribution in [1.29, 1.82) is 0 Å². The standard InChI is InChI=1S/C21H26N6O4S/c28-17-4-1-7-27(17)21-23-22-20(32-21)26-8-5-15(6-9-26)18(29)24-10-12-25(13-11-24)19(30)16-3-2-14-31-16/h2-3,14-15H,1,4-13H2. The van der Waals surface area contributed by atoms with Gasteiger partial charge in [-0.15, -0.1) is 10.2 Å². The van der Waals surface area contributed by atoms with Crippen molar-refractivity contribution >= 4 is 39.3 Å². The molecular weight excluding hydrogens is 432 g/mol. The maximum atomic E-state index is 13.0. The summed E-state index contributed by atoms with van der Waals surface area (Å²) in [6, 6.07) is 3.37. The molecule has 0 atom stereocenters. The van der Waals surface area contributed by atoms with E-state index in [2.05, 4.69) is 15.1 Å². The van der Waals surface area contributed by atoms with Gasteiger partial charge in [-0.25, -0.2) is 0 Å². The van der Waals surface area contributed by atoms with E-state index in [1.165, 1.54) is 17.6 Å². The van der Waals surface area contributed by atoms with Crippen molar-refractivity contribution < 1.29 is 18.8 Å². The van der Waals surface area contributed by atoms with Crippen molar-refractivity contribution in [3.05, 3.63) is 24.2 Å². The number of hydrogen-bond donors (Lipinski definition) is 0. The van der Waals surface area contributed by atoms with Crippen molar-refractivity contribution in [1.82, 2.24) is 20.0 Å². The highest BCUT2D eigenvalue weighted by molar-refractivity contribution is 7.19. The molecule has 5 rings (SSSR count). The van der Waals surface area contributed by atoms with Gasteiger partial charge >= 0.3 is 0 Å². The third kappa shape index (κ3) is 4.08. The van der Waals surface area contributed by atoms with Crippen LogP contribution in [0.5, 0.6) is 0 Å². The maximum Gasteiger partial charge on any atom is 0.289 e. The lowest BCUT2D eigenvalue weighted by Gasteiger charge is -2.38. The SMILES string of the molecule is O=C(c1ccco1)N1CCN(C(=O)C2CCN(c3nnc(N4CCCC4=O)s3)CC2)CC1. The van der Waals surface area contributed by atoms with Crippen molar-refractivity contribution in [3.63, 3.8) is 0 Å². The Kier molecular flexibility index (Phi) is 5.81. The van der Waals surface area contributed by atoms with Crippen LogP contribution in [-0.4, -0.2) is 83.5 Å². The molecule has 170 valence electrons. The topological polar surface area (TPSA) is 103 Å². The zero-order chi connectivity index (χ0) is 22.1. The lowest BCUT2D eigenvalue weighted by molar-refractivity contribution is -0.137. The predicted octanol–water partition coefficient (Wildman–Crippen LogP) is 1.46. The summed E-state index contributed by atoms with van der Waals surface area (Å²) in [5, 5.41) is 9.98. The Balaban J connectivity index is 1.11. The second-order valence-electron chi connectivity index (χ2n) is 8.37. The summed E-state index contributed by atoms with van der Waals surface area (Å²) in [6.45, 7) is 4.35. The van der Waals surface area contributed by atoms with Gasteiger partial charge in [0.2, 0.25) is 22.1 Å². The van der Waals surface area contributed by atoms with E-state index < -0.39 is 0 Å². The zero-order valence-electron chi connectivity index (χ0n) is 17.8. The van der Waals surface area contributed by atoms with Crippen molar-refractivity contribution in [3.8, 4) is 0 Å². The molecule has 10 nitrogen and oxygen atoms in total. The highest BCUT2D eigenvalue weighted by Crippen LogP contribution is 2.32. The summed E-state index contributed by atoms with van der Waals surface area (Å²) in [5.41, 5.74) is 0. The molecule has 0 N–H and O–H groups in total. The highest BCUT2D eigenvalue weighted by atomic mass is 32.1. The van der Waals surface area contributed by atoms with Gasteiger partial charge in [0, 0.05) is 58.2 Å². The molecule has 5 heterocycles. The number of piperidine rings is 1. The van der Waals surface area contributed by atoms with Crippen LogP contribution in [-0.2, 0) is 9.59 Å². The number of anilines is 2. The third-order valence-corrected chi connectivity index (χ3v) is 7.44. The fourth-order valence-electron chi connectivity index (χ4n) is 4.56. The first-order valence-corrected chi connectivity index (χ1v) is 11.9. The molecule has 32 heavy (non-hydrogen) atoms. The first kappa shape index (κ1) is 20.9. The maximum absolute atomic E-state index is 13.0. The summed E-state index contributed by atoms with van der Waals surface area (Å²) < 4.78 is 5.20. The number of amides is 3. The normalized spacial score (nSPS) is 20.3. The Morgan fingerprint density at radius 3 is 2.34 bits per heavy atom. The number of nitrogens with zero attached hydrogens (tertiary/aromatic N) is 6. The third-order valence-electron chi connectivity index (χ3n) is 6.43. The van der Waals surface area contributed by atoms with Gasteiger partial charge in [-0.05, 0) is 31.4 Å². The van der Waals surface area contributed by atoms with E-state index in [1.807, 2.05) is 4.90 Å². The molecule has 0 bridgehead atoms. The monoisotopic (exact) mass is 458 g/mol. The predicted molar refractivity (Wildman–Crippen MR) is 118 cm³/mol. The van der Waals surface area contributed by atoms with Crippen LogP contribution >= 0.6 is 11.3 Å². The van der Waals surface area contributed by atoms with Gasteiger partial charge in [-0.3, -0.25) is 19.3 Å². The van der Waals surface area contributed by atoms with E-state index >= 15 is 0 Å². The highest BCUT2D eigenvalue weighted by Gasteiger charge is 2.33. The number of carbonyl (C=O) groups is 3. The van der Waals surface area contributed by atoms with Gasteiger partial charge in [0.15, 0.2) is 5.76 Å². The van der Waals surface area contributed by atoms with E-state index in [0.29, 0.717) is 50.0 Å². The number of aromatic nitrogens is 2. The van der Waals surface area contributed by atoms with Crippen LogP contribution in [0.1, 0.15) is 36.2 Å². The average Bonchev–Trinajstić information content (AvgIpc) is 3.60. The quantitative estimate of drug-likeness (QED) is 0.683. The molecule has 0 unspecified atom stereocenters. The molecular formula is C21H26N6O4S. The van der Waals surface area contributed by atoms with E-state index in [0.717, 1.165) is 37.5 Å². The minimum Gasteiger partial charge on any atom is -0.459 e. The molecule has 3 fully saturated rings. The fourth-order valence-corrected chi connectivity index (χ4v) is 5.50. The Bertz CT molecular complexity index is 976. The van der Waals surface area contributed by atoms with E-state index in [9.17, 15) is 14.4 Å². The first-order valence-electron chi connectivity index (χ1n) is 11.1. The van der Waals surface area contributed by atoms with Crippen LogP contribution in [0, 0.1) is 5.92 Å². The Labute approximate surface area is 189 Å². The minimum absolute atomic E-state index is 0.00822. The van der Waals surface area contributed by atoms with Gasteiger partial charge in [0.1, 0.15) is 0 Å². The van der Waals surface area contributed by atoms with Gasteiger partial charge in [-0.2, -0.15) is 0 Å². The van der Waals surface area contributed by atoms with Crippen molar-refractivity contribution in [2.75, 3.05) is 55.6 Å². The minimum atomic E-state index is -0.123. The molecule has 11 heteroatoms. The average molecular weight is 459 g/mol. The second-order valence-corrected chi connectivity index (χ2v) is 9.31. The summed E-state index contributed by atoms with van der Waals surface area (Å²) in [4.78, 5) is 44.9. The summed E-state index contributed by atoms with van der Waals surface area (Å²) in [7, 11) is 0. The summed E-state index contributed by atoms with van der Waals surface area (Å²) >= 11 is 1.45. The summed E-state index contributed by atoms with van der Waals surface area (Å²) in [5.74, 6) is 0.498. The molecule has 2 aromatic rings. The van der Waals surface area contributed by atoms with Crippen LogP contribution < -0.4 is 9.80 Å². The lowest BCUT2D eigenvalue weighted by atomic mass is 9.95. The van der Waals surface area contributed by atoms with E-state index in [1.54, 1.807) is 21.9 Å². The molecule has 3 aliphatic rings. The van der Waals surface area contributed by atoms with Crippen LogP contribution in [0.4, 0.5) is 10.3 Å². The van der Waals surface area contributed by atoms with Gasteiger partial charge in [0.05, 0.1) is 6.26 Å². The van der Waals surface area contributed by atoms with Gasteiger partial charge < -0.3 is 19.1 Å². The molecule has 0 saturated carbocycles. The van der Waals surface area contributed by atoms with Crippen LogP contribution in [0.3, 0.4) is 0 Å². The van der Waals surface area contributed by atoms with Crippen LogP contribution in [0.2, 0.25) is 0 Å². The number of hydrogen-bond acceptors (Lipinski definition) is 8. The van der Waals surface area contributed by atoms with Crippen LogP contribution in [0.25, 0.3) is 0 Å². The number of rotatable bonds is 4. The molecule has 2 aromatic heterocycles. The van der Waals surface area contributed by atoms with Crippen molar-refractivity contribution in [2.24, 2.45) is 5.92 Å². The first-order chi connectivity index (χ1) is 15.6. The van der Waals surface area contributed by atoms with Crippen molar-refractivity contribution in [2.45, 2.75) is 25.7 Å². The molecule has 0 radical (unpaired) electrons. The Morgan fingerprint density at radius 1 is 0.969 bits per heavy atom. The number of piperazine rings is 1. The lowest BCUT2D eigenvalue weighted by Crippen LogP contribution is -2.53. The molecule has 3 aliphatic heterocycles. The zero-order valence-corrected chi connectivity index (χ0v) is 18.6. The summed E-state index contributed by atoms with van der Waals surface area (Å²) in [6.07, 6.45) is 4.47. The Morgan fingerprint density at radius 2 is 1.69 bits per heavy atom. The Hall–Kier alpha value is -2.95. The molecule has 0 spiro atoms. The van der Waals surface area contributed by atoms with E-state index in [4.69, 9.17) is 4.42 Å². The molecule has 0 aliphatic carbocycles. The largest absolute Gasteiger partial charge is 0.459 e. The number of furan rings is 1. The van der Waals surface area contributed by atoms with Gasteiger partial charge in [-0.1, -0.05) is 11.3 Å². The second kappa shape index (κ2) is 8.89. The van der Waals surface area contributed by atoms with E-state index in [-0.39, 0.29) is 23.6 Å². The smallest absolute Gasteiger partial charge is 0.289 e. The fraction of sp³-hybridized carbons (Fsp3) is 0.571. The molecule has 3 amide bonds. The number of carbonyl (C=O) groups excluding carboxylic acids is 3.